The van der Waals surface area contributed by atoms with Crippen molar-refractivity contribution in [3.63, 3.8) is 0 Å². The lowest BCUT2D eigenvalue weighted by molar-refractivity contribution is -0.160. The number of aliphatic carboxylic acids is 2. The highest BCUT2D eigenvalue weighted by atomic mass is 16.4. The van der Waals surface area contributed by atoms with Crippen LogP contribution in [0, 0.1) is 6.92 Å². The van der Waals surface area contributed by atoms with Gasteiger partial charge in [-0.1, -0.05) is 0 Å². The highest BCUT2D eigenvalue weighted by molar-refractivity contribution is 5.84. The van der Waals surface area contributed by atoms with E-state index in [0.717, 1.165) is 0 Å². The molecule has 0 bridgehead atoms. The summed E-state index contributed by atoms with van der Waals surface area (Å²) in [5.41, 5.74) is -2.41. The molecule has 0 aromatic rings. The highest BCUT2D eigenvalue weighted by Gasteiger charge is 2.32. The first kappa shape index (κ1) is 8.90. The third kappa shape index (κ3) is 2.45. The van der Waals surface area contributed by atoms with Gasteiger partial charge in [0.2, 0.25) is 0 Å². The third-order valence-corrected chi connectivity index (χ3v) is 0.842. The highest BCUT2D eigenvalue weighted by Crippen LogP contribution is 2.07. The maximum atomic E-state index is 9.98. The number of aliphatic hydroxyl groups is 1. The smallest absolute Gasteiger partial charge is 0.336 e. The van der Waals surface area contributed by atoms with E-state index in [9.17, 15) is 9.59 Å². The first-order valence-electron chi connectivity index (χ1n) is 2.39. The molecule has 0 saturated carbocycles. The molecule has 0 rings (SSSR count). The van der Waals surface area contributed by atoms with E-state index in [0.29, 0.717) is 0 Å². The van der Waals surface area contributed by atoms with Crippen LogP contribution in [0.15, 0.2) is 0 Å². The summed E-state index contributed by atoms with van der Waals surface area (Å²) in [4.78, 5) is 19.8. The quantitative estimate of drug-likeness (QED) is 0.481. The lowest BCUT2D eigenvalue weighted by Crippen LogP contribution is -2.37. The first-order valence-corrected chi connectivity index (χ1v) is 2.39. The van der Waals surface area contributed by atoms with E-state index < -0.39 is 24.0 Å². The van der Waals surface area contributed by atoms with Gasteiger partial charge in [0.1, 0.15) is 0 Å². The number of hydrogen-bond acceptors (Lipinski definition) is 3. The lowest BCUT2D eigenvalue weighted by Gasteiger charge is -2.13. The molecule has 10 heavy (non-hydrogen) atoms. The van der Waals surface area contributed by atoms with E-state index in [4.69, 9.17) is 15.3 Å². The van der Waals surface area contributed by atoms with Crippen LogP contribution in [0.4, 0.5) is 0 Å². The zero-order chi connectivity index (χ0) is 8.36. The Morgan fingerprint density at radius 1 is 1.40 bits per heavy atom. The molecule has 1 atom stereocenters. The lowest BCUT2D eigenvalue weighted by atomic mass is 10.0. The average Bonchev–Trinajstić information content (AvgIpc) is 1.60. The SMILES string of the molecule is [CH2]C(O)(CC(=O)O)C(=O)O. The molecule has 0 heterocycles. The van der Waals surface area contributed by atoms with Crippen LogP contribution >= 0.6 is 0 Å². The van der Waals surface area contributed by atoms with E-state index in [1.165, 1.54) is 0 Å². The van der Waals surface area contributed by atoms with Gasteiger partial charge >= 0.3 is 11.9 Å². The molecule has 0 aromatic heterocycles. The Morgan fingerprint density at radius 2 is 1.80 bits per heavy atom. The van der Waals surface area contributed by atoms with Gasteiger partial charge in [-0.3, -0.25) is 4.79 Å². The van der Waals surface area contributed by atoms with Crippen LogP contribution in [-0.2, 0) is 9.59 Å². The predicted octanol–water partition coefficient (Wildman–Crippen LogP) is -0.889. The van der Waals surface area contributed by atoms with Gasteiger partial charge in [-0.05, 0) is 6.92 Å². The molecule has 0 aliphatic heterocycles. The molecule has 0 spiro atoms. The maximum absolute atomic E-state index is 9.98. The van der Waals surface area contributed by atoms with E-state index >= 15 is 0 Å². The third-order valence-electron chi connectivity index (χ3n) is 0.842. The van der Waals surface area contributed by atoms with E-state index in [-0.39, 0.29) is 0 Å². The van der Waals surface area contributed by atoms with Crippen molar-refractivity contribution in [2.45, 2.75) is 12.0 Å². The van der Waals surface area contributed by atoms with E-state index in [1.807, 2.05) is 0 Å². The van der Waals surface area contributed by atoms with Crippen LogP contribution < -0.4 is 0 Å². The zero-order valence-electron chi connectivity index (χ0n) is 5.07. The Morgan fingerprint density at radius 3 is 1.90 bits per heavy atom. The molecule has 0 aliphatic carbocycles. The minimum atomic E-state index is -2.41. The minimum absolute atomic E-state index is 0.900. The molecule has 3 N–H and O–H groups in total. The molecule has 0 aromatic carbocycles. The van der Waals surface area contributed by atoms with Gasteiger partial charge in [0.15, 0.2) is 5.60 Å². The molecule has 1 radical (unpaired) electrons. The number of carbonyl (C=O) groups is 2. The molecule has 0 fully saturated rings. The van der Waals surface area contributed by atoms with Gasteiger partial charge in [0.05, 0.1) is 6.42 Å². The Balaban J connectivity index is 4.13. The molecule has 0 saturated heterocycles. The van der Waals surface area contributed by atoms with Crippen molar-refractivity contribution < 1.29 is 24.9 Å². The summed E-state index contributed by atoms with van der Waals surface area (Å²) >= 11 is 0. The molecular formula is C5H7O5. The fourth-order valence-corrected chi connectivity index (χ4v) is 0.326. The van der Waals surface area contributed by atoms with Crippen LogP contribution in [0.3, 0.4) is 0 Å². The topological polar surface area (TPSA) is 94.8 Å². The molecule has 0 amide bonds. The van der Waals surface area contributed by atoms with Crippen molar-refractivity contribution in [1.82, 2.24) is 0 Å². The average molecular weight is 147 g/mol. The summed E-state index contributed by atoms with van der Waals surface area (Å²) in [6, 6.07) is 0. The van der Waals surface area contributed by atoms with Gasteiger partial charge in [-0.2, -0.15) is 0 Å². The second-order valence-corrected chi connectivity index (χ2v) is 1.91. The molecule has 5 heteroatoms. The van der Waals surface area contributed by atoms with Crippen molar-refractivity contribution in [2.24, 2.45) is 0 Å². The van der Waals surface area contributed by atoms with Crippen LogP contribution in [0.5, 0.6) is 0 Å². The van der Waals surface area contributed by atoms with Crippen LogP contribution in [-0.4, -0.2) is 32.9 Å². The fraction of sp³-hybridized carbons (Fsp3) is 0.400. The van der Waals surface area contributed by atoms with Gasteiger partial charge in [0, 0.05) is 0 Å². The number of carboxylic acid groups (broad SMARTS) is 2. The van der Waals surface area contributed by atoms with Crippen molar-refractivity contribution in [1.29, 1.82) is 0 Å². The number of hydrogen-bond donors (Lipinski definition) is 3. The largest absolute Gasteiger partial charge is 0.481 e. The maximum Gasteiger partial charge on any atom is 0.336 e. The van der Waals surface area contributed by atoms with Gasteiger partial charge < -0.3 is 15.3 Å². The Hall–Kier alpha value is -1.10. The van der Waals surface area contributed by atoms with Crippen molar-refractivity contribution >= 4 is 11.9 Å². The summed E-state index contributed by atoms with van der Waals surface area (Å²) in [7, 11) is 0. The second kappa shape index (κ2) is 2.66. The minimum Gasteiger partial charge on any atom is -0.481 e. The number of carboxylic acids is 2. The summed E-state index contributed by atoms with van der Waals surface area (Å²) in [6.45, 7) is 2.78. The summed E-state index contributed by atoms with van der Waals surface area (Å²) in [5, 5.41) is 24.8. The summed E-state index contributed by atoms with van der Waals surface area (Å²) in [6.07, 6.45) is -0.900. The molecule has 1 unspecified atom stereocenters. The molecule has 0 aliphatic rings. The summed E-state index contributed by atoms with van der Waals surface area (Å²) in [5.74, 6) is -3.05. The monoisotopic (exact) mass is 147 g/mol. The van der Waals surface area contributed by atoms with Gasteiger partial charge in [-0.15, -0.1) is 0 Å². The van der Waals surface area contributed by atoms with Crippen molar-refractivity contribution in [3.8, 4) is 0 Å². The van der Waals surface area contributed by atoms with Gasteiger partial charge in [0.25, 0.3) is 0 Å². The molecule has 57 valence electrons. The normalized spacial score (nSPS) is 15.8. The molecular weight excluding hydrogens is 140 g/mol. The summed E-state index contributed by atoms with van der Waals surface area (Å²) < 4.78 is 0. The van der Waals surface area contributed by atoms with Crippen LogP contribution in [0.1, 0.15) is 6.42 Å². The van der Waals surface area contributed by atoms with Crippen LogP contribution in [0.2, 0.25) is 0 Å². The number of rotatable bonds is 3. The van der Waals surface area contributed by atoms with Crippen molar-refractivity contribution in [3.05, 3.63) is 6.92 Å². The Bertz CT molecular complexity index is 159. The fourth-order valence-electron chi connectivity index (χ4n) is 0.326. The van der Waals surface area contributed by atoms with Crippen molar-refractivity contribution in [2.75, 3.05) is 0 Å². The standard InChI is InChI=1S/C5H7O5/c1-5(10,4(8)9)2-3(6)7/h10H,1-2H2,(H,6,7)(H,8,9). The Kier molecular flexibility index (Phi) is 2.36. The zero-order valence-corrected chi connectivity index (χ0v) is 5.07. The van der Waals surface area contributed by atoms with E-state index in [1.54, 1.807) is 0 Å². The van der Waals surface area contributed by atoms with Gasteiger partial charge in [-0.25, -0.2) is 4.79 Å². The van der Waals surface area contributed by atoms with E-state index in [2.05, 4.69) is 6.92 Å². The Labute approximate surface area is 56.9 Å². The first-order chi connectivity index (χ1) is 4.36. The predicted molar refractivity (Wildman–Crippen MR) is 30.2 cm³/mol. The van der Waals surface area contributed by atoms with Crippen LogP contribution in [0.25, 0.3) is 0 Å². The molecule has 5 nitrogen and oxygen atoms in total. The second-order valence-electron chi connectivity index (χ2n) is 1.91.